The van der Waals surface area contributed by atoms with Crippen molar-refractivity contribution in [2.24, 2.45) is 0 Å². The van der Waals surface area contributed by atoms with E-state index in [0.29, 0.717) is 19.0 Å². The fourth-order valence-corrected chi connectivity index (χ4v) is 4.81. The number of piperidine rings is 1. The molecule has 2 fully saturated rings. The normalized spacial score (nSPS) is 26.4. The molecule has 1 aromatic carbocycles. The number of likely N-dealkylation sites (tertiary alicyclic amines) is 1. The SMILES string of the molecule is C[C@@H]1CN(C(=O)[C@@H](C)N2CCC(c3c[nH]c4ccccc34)CC2)C[C@@H](C)O1. The van der Waals surface area contributed by atoms with Gasteiger partial charge in [-0.3, -0.25) is 9.69 Å². The van der Waals surface area contributed by atoms with Crippen LogP contribution in [0.4, 0.5) is 0 Å². The summed E-state index contributed by atoms with van der Waals surface area (Å²) < 4.78 is 5.77. The molecule has 0 radical (unpaired) electrons. The minimum atomic E-state index is -0.0496. The number of nitrogens with zero attached hydrogens (tertiary/aromatic N) is 2. The van der Waals surface area contributed by atoms with Gasteiger partial charge in [0, 0.05) is 30.2 Å². The van der Waals surface area contributed by atoms with E-state index < -0.39 is 0 Å². The molecule has 2 aromatic rings. The number of hydrogen-bond acceptors (Lipinski definition) is 3. The number of ether oxygens (including phenoxy) is 1. The molecule has 0 bridgehead atoms. The van der Waals surface area contributed by atoms with E-state index in [4.69, 9.17) is 4.74 Å². The van der Waals surface area contributed by atoms with Crippen LogP contribution >= 0.6 is 0 Å². The molecular weight excluding hydrogens is 338 g/mol. The lowest BCUT2D eigenvalue weighted by Crippen LogP contribution is -2.55. The monoisotopic (exact) mass is 369 g/mol. The Morgan fingerprint density at radius 2 is 1.81 bits per heavy atom. The van der Waals surface area contributed by atoms with Gasteiger partial charge >= 0.3 is 0 Å². The molecule has 5 nitrogen and oxygen atoms in total. The number of nitrogens with one attached hydrogen (secondary N) is 1. The first-order valence-electron chi connectivity index (χ1n) is 10.3. The average Bonchev–Trinajstić information content (AvgIpc) is 3.10. The maximum atomic E-state index is 13.0. The van der Waals surface area contributed by atoms with Gasteiger partial charge in [0.05, 0.1) is 18.2 Å². The zero-order chi connectivity index (χ0) is 19.0. The minimum absolute atomic E-state index is 0.0496. The van der Waals surface area contributed by atoms with E-state index in [2.05, 4.69) is 47.3 Å². The Balaban J connectivity index is 1.38. The van der Waals surface area contributed by atoms with Crippen LogP contribution in [0.25, 0.3) is 10.9 Å². The molecule has 0 saturated carbocycles. The van der Waals surface area contributed by atoms with Crippen LogP contribution in [-0.4, -0.2) is 65.1 Å². The number of aromatic amines is 1. The van der Waals surface area contributed by atoms with E-state index in [-0.39, 0.29) is 24.2 Å². The van der Waals surface area contributed by atoms with Crippen molar-refractivity contribution >= 4 is 16.8 Å². The van der Waals surface area contributed by atoms with Crippen molar-refractivity contribution < 1.29 is 9.53 Å². The van der Waals surface area contributed by atoms with Crippen molar-refractivity contribution in [2.75, 3.05) is 26.2 Å². The fraction of sp³-hybridized carbons (Fsp3) is 0.591. The van der Waals surface area contributed by atoms with Crippen molar-refractivity contribution in [1.82, 2.24) is 14.8 Å². The Kier molecular flexibility index (Phi) is 5.24. The van der Waals surface area contributed by atoms with Gasteiger partial charge in [0.15, 0.2) is 0 Å². The van der Waals surface area contributed by atoms with Gasteiger partial charge in [-0.05, 0) is 64.3 Å². The van der Waals surface area contributed by atoms with Crippen molar-refractivity contribution in [3.63, 3.8) is 0 Å². The molecule has 3 heterocycles. The largest absolute Gasteiger partial charge is 0.372 e. The van der Waals surface area contributed by atoms with Gasteiger partial charge in [-0.25, -0.2) is 0 Å². The third-order valence-corrected chi connectivity index (χ3v) is 6.23. The quantitative estimate of drug-likeness (QED) is 0.902. The number of H-pyrrole nitrogens is 1. The van der Waals surface area contributed by atoms with Gasteiger partial charge in [0.1, 0.15) is 0 Å². The van der Waals surface area contributed by atoms with Crippen LogP contribution < -0.4 is 0 Å². The molecule has 1 amide bonds. The zero-order valence-electron chi connectivity index (χ0n) is 16.6. The van der Waals surface area contributed by atoms with Crippen LogP contribution in [0.2, 0.25) is 0 Å². The highest BCUT2D eigenvalue weighted by molar-refractivity contribution is 5.84. The minimum Gasteiger partial charge on any atom is -0.372 e. The Labute approximate surface area is 161 Å². The van der Waals surface area contributed by atoms with Crippen molar-refractivity contribution in [3.8, 4) is 0 Å². The number of fused-ring (bicyclic) bond motifs is 1. The van der Waals surface area contributed by atoms with E-state index in [9.17, 15) is 4.79 Å². The summed E-state index contributed by atoms with van der Waals surface area (Å²) in [5.74, 6) is 0.825. The van der Waals surface area contributed by atoms with E-state index >= 15 is 0 Å². The first-order chi connectivity index (χ1) is 13.0. The maximum absolute atomic E-state index is 13.0. The number of rotatable bonds is 3. The summed E-state index contributed by atoms with van der Waals surface area (Å²) in [6.07, 6.45) is 4.64. The van der Waals surface area contributed by atoms with Crippen LogP contribution in [0, 0.1) is 0 Å². The number of hydrogen-bond donors (Lipinski definition) is 1. The second kappa shape index (κ2) is 7.64. The maximum Gasteiger partial charge on any atom is 0.239 e. The molecule has 2 aliphatic rings. The van der Waals surface area contributed by atoms with Crippen molar-refractivity contribution in [1.29, 1.82) is 0 Å². The Morgan fingerprint density at radius 1 is 1.15 bits per heavy atom. The smallest absolute Gasteiger partial charge is 0.239 e. The highest BCUT2D eigenvalue weighted by Gasteiger charge is 2.33. The molecule has 27 heavy (non-hydrogen) atoms. The molecule has 4 rings (SSSR count). The van der Waals surface area contributed by atoms with Crippen LogP contribution in [0.3, 0.4) is 0 Å². The first kappa shape index (κ1) is 18.5. The van der Waals surface area contributed by atoms with E-state index in [1.807, 2.05) is 18.7 Å². The summed E-state index contributed by atoms with van der Waals surface area (Å²) in [7, 11) is 0. The predicted molar refractivity (Wildman–Crippen MR) is 108 cm³/mol. The summed E-state index contributed by atoms with van der Waals surface area (Å²) >= 11 is 0. The highest BCUT2D eigenvalue weighted by atomic mass is 16.5. The molecule has 0 aliphatic carbocycles. The lowest BCUT2D eigenvalue weighted by atomic mass is 9.88. The molecule has 146 valence electrons. The number of carbonyl (C=O) groups excluding carboxylic acids is 1. The molecule has 3 atom stereocenters. The van der Waals surface area contributed by atoms with Gasteiger partial charge in [-0.15, -0.1) is 0 Å². The summed E-state index contributed by atoms with van der Waals surface area (Å²) in [5.41, 5.74) is 2.65. The summed E-state index contributed by atoms with van der Waals surface area (Å²) in [4.78, 5) is 20.8. The van der Waals surface area contributed by atoms with Gasteiger partial charge in [0.2, 0.25) is 5.91 Å². The lowest BCUT2D eigenvalue weighted by Gasteiger charge is -2.40. The van der Waals surface area contributed by atoms with Crippen molar-refractivity contribution in [2.45, 2.75) is 57.8 Å². The second-order valence-electron chi connectivity index (χ2n) is 8.28. The molecule has 2 aliphatic heterocycles. The molecule has 5 heteroatoms. The number of morpholine rings is 1. The van der Waals surface area contributed by atoms with Crippen LogP contribution in [0.1, 0.15) is 45.1 Å². The fourth-order valence-electron chi connectivity index (χ4n) is 4.81. The van der Waals surface area contributed by atoms with E-state index in [1.165, 1.54) is 16.5 Å². The van der Waals surface area contributed by atoms with E-state index in [1.54, 1.807) is 0 Å². The topological polar surface area (TPSA) is 48.6 Å². The summed E-state index contributed by atoms with van der Waals surface area (Å²) in [6.45, 7) is 9.54. The lowest BCUT2D eigenvalue weighted by molar-refractivity contribution is -0.148. The van der Waals surface area contributed by atoms with Crippen molar-refractivity contribution in [3.05, 3.63) is 36.0 Å². The average molecular weight is 370 g/mol. The molecule has 0 spiro atoms. The molecule has 0 unspecified atom stereocenters. The van der Waals surface area contributed by atoms with Gasteiger partial charge < -0.3 is 14.6 Å². The van der Waals surface area contributed by atoms with Crippen LogP contribution in [-0.2, 0) is 9.53 Å². The predicted octanol–water partition coefficient (Wildman–Crippen LogP) is 3.37. The third-order valence-electron chi connectivity index (χ3n) is 6.23. The van der Waals surface area contributed by atoms with Crippen LogP contribution in [0.5, 0.6) is 0 Å². The molecule has 2 saturated heterocycles. The highest BCUT2D eigenvalue weighted by Crippen LogP contribution is 2.33. The second-order valence-corrected chi connectivity index (χ2v) is 8.28. The zero-order valence-corrected chi connectivity index (χ0v) is 16.6. The van der Waals surface area contributed by atoms with Gasteiger partial charge in [-0.1, -0.05) is 18.2 Å². The standard InChI is InChI=1S/C22H31N3O2/c1-15-13-25(14-16(2)27-15)22(26)17(3)24-10-8-18(9-11-24)20-12-23-21-7-5-4-6-19(20)21/h4-7,12,15-18,23H,8-11,13-14H2,1-3H3/t15-,16-,17-/m1/s1. The number of carbonyl (C=O) groups is 1. The number of benzene rings is 1. The van der Waals surface area contributed by atoms with Gasteiger partial charge in [-0.2, -0.15) is 0 Å². The number of para-hydroxylation sites is 1. The Morgan fingerprint density at radius 3 is 2.52 bits per heavy atom. The molecule has 1 N–H and O–H groups in total. The van der Waals surface area contributed by atoms with Crippen LogP contribution in [0.15, 0.2) is 30.5 Å². The molecular formula is C22H31N3O2. The summed E-state index contributed by atoms with van der Waals surface area (Å²) in [5, 5.41) is 1.34. The number of aromatic nitrogens is 1. The van der Waals surface area contributed by atoms with E-state index in [0.717, 1.165) is 25.9 Å². The van der Waals surface area contributed by atoms with Gasteiger partial charge in [0.25, 0.3) is 0 Å². The first-order valence-corrected chi connectivity index (χ1v) is 10.3. The molecule has 1 aromatic heterocycles. The third kappa shape index (κ3) is 3.76. The summed E-state index contributed by atoms with van der Waals surface area (Å²) in [6, 6.07) is 8.48. The Hall–Kier alpha value is -1.85. The Bertz CT molecular complexity index is 784. The number of amides is 1.